The van der Waals surface area contributed by atoms with E-state index in [0.29, 0.717) is 11.0 Å². The third-order valence-corrected chi connectivity index (χ3v) is 1.17. The van der Waals surface area contributed by atoms with E-state index in [2.05, 4.69) is 0 Å². The number of aliphatic hydroxyl groups is 1. The predicted octanol–water partition coefficient (Wildman–Crippen LogP) is -1.39. The van der Waals surface area contributed by atoms with E-state index in [1.54, 1.807) is 0 Å². The number of quaternary nitrogens is 1. The van der Waals surface area contributed by atoms with Crippen LogP contribution in [0.15, 0.2) is 0 Å². The molecule has 70 valence electrons. The van der Waals surface area contributed by atoms with Crippen molar-refractivity contribution in [1.82, 2.24) is 0 Å². The minimum atomic E-state index is -0.953. The fourth-order valence-corrected chi connectivity index (χ4v) is 0.898. The van der Waals surface area contributed by atoms with Crippen LogP contribution in [-0.2, 0) is 4.79 Å². The highest BCUT2D eigenvalue weighted by atomic mass is 24.3. The average molecular weight is 189 g/mol. The maximum absolute atomic E-state index is 10.1. The summed E-state index contributed by atoms with van der Waals surface area (Å²) in [5, 5.41) is 17.5. The Labute approximate surface area is 88.9 Å². The van der Waals surface area contributed by atoms with Gasteiger partial charge in [-0.1, -0.05) is 0 Å². The van der Waals surface area contributed by atoms with E-state index < -0.39 is 12.1 Å². The van der Waals surface area contributed by atoms with Gasteiger partial charge in [-0.05, 0) is 0 Å². The number of carbonyl (C=O) groups is 1. The van der Waals surface area contributed by atoms with Crippen molar-refractivity contribution in [3.05, 3.63) is 0 Å². The summed E-state index contributed by atoms with van der Waals surface area (Å²) in [7, 11) is 5.72. The number of aliphatic carboxylic acids is 1. The summed E-state index contributed by atoms with van der Waals surface area (Å²) in [5.74, 6) is -0.953. The van der Waals surface area contributed by atoms with Gasteiger partial charge in [-0.2, -0.15) is 0 Å². The van der Waals surface area contributed by atoms with Crippen molar-refractivity contribution in [3.8, 4) is 0 Å². The normalized spacial score (nSPS) is 13.3. The van der Waals surface area contributed by atoms with E-state index in [-0.39, 0.29) is 29.5 Å². The lowest BCUT2D eigenvalue weighted by atomic mass is 10.2. The number of hydrogen-bond donors (Lipinski definition) is 2. The topological polar surface area (TPSA) is 57.5 Å². The molecule has 0 radical (unpaired) electrons. The Morgan fingerprint density at radius 2 is 1.83 bits per heavy atom. The molecule has 0 bridgehead atoms. The Bertz CT molecular complexity index is 144. The molecule has 0 heterocycles. The van der Waals surface area contributed by atoms with Crippen LogP contribution in [0.2, 0.25) is 0 Å². The highest BCUT2D eigenvalue weighted by Crippen LogP contribution is 1.98. The molecule has 5 heteroatoms. The first-order valence-corrected chi connectivity index (χ1v) is 3.51. The maximum Gasteiger partial charge on any atom is 0.316 e. The van der Waals surface area contributed by atoms with E-state index in [1.807, 2.05) is 21.1 Å². The van der Waals surface area contributed by atoms with E-state index in [9.17, 15) is 4.79 Å². The fourth-order valence-electron chi connectivity index (χ4n) is 0.898. The van der Waals surface area contributed by atoms with Gasteiger partial charge in [0.15, 0.2) is 0 Å². The van der Waals surface area contributed by atoms with Crippen molar-refractivity contribution < 1.29 is 19.5 Å². The Morgan fingerprint density at radius 3 is 2.08 bits per heavy atom. The van der Waals surface area contributed by atoms with Gasteiger partial charge >= 0.3 is 29.0 Å². The number of carboxylic acids is 1. The van der Waals surface area contributed by atoms with Crippen LogP contribution in [0.3, 0.4) is 0 Å². The van der Waals surface area contributed by atoms with Crippen LogP contribution in [0, 0.1) is 0 Å². The number of carboxylic acid groups (broad SMARTS) is 1. The van der Waals surface area contributed by atoms with E-state index >= 15 is 0 Å². The zero-order valence-electron chi connectivity index (χ0n) is 7.24. The van der Waals surface area contributed by atoms with Crippen molar-refractivity contribution in [2.75, 3.05) is 27.7 Å². The zero-order chi connectivity index (χ0) is 9.07. The quantitative estimate of drug-likeness (QED) is 0.422. The molecule has 0 unspecified atom stereocenters. The van der Waals surface area contributed by atoms with Gasteiger partial charge < -0.3 is 14.7 Å². The first kappa shape index (κ1) is 14.7. The highest BCUT2D eigenvalue weighted by molar-refractivity contribution is 5.75. The van der Waals surface area contributed by atoms with Crippen LogP contribution in [-0.4, -0.2) is 77.5 Å². The largest absolute Gasteiger partial charge is 0.481 e. The molecule has 12 heavy (non-hydrogen) atoms. The van der Waals surface area contributed by atoms with E-state index in [1.165, 1.54) is 0 Å². The summed E-state index contributed by atoms with van der Waals surface area (Å²) in [5.41, 5.74) is 0. The van der Waals surface area contributed by atoms with Gasteiger partial charge in [-0.15, -0.1) is 0 Å². The minimum Gasteiger partial charge on any atom is -0.481 e. The Kier molecular flexibility index (Phi) is 7.02. The number of rotatable bonds is 4. The average Bonchev–Trinajstić information content (AvgIpc) is 1.53. The van der Waals surface area contributed by atoms with Gasteiger partial charge in [-0.25, -0.2) is 0 Å². The zero-order valence-corrected chi connectivity index (χ0v) is 7.24. The van der Waals surface area contributed by atoms with Crippen molar-refractivity contribution in [2.24, 2.45) is 0 Å². The first-order valence-electron chi connectivity index (χ1n) is 3.51. The maximum atomic E-state index is 10.1. The highest BCUT2D eigenvalue weighted by Gasteiger charge is 2.17. The SMILES string of the molecule is C[N+](C)(C)C[C@H](O)CC(=O)O.[MgH2]. The third kappa shape index (κ3) is 10.2. The molecule has 1 atom stereocenters. The van der Waals surface area contributed by atoms with Crippen LogP contribution in [0.1, 0.15) is 6.42 Å². The second-order valence-corrected chi connectivity index (χ2v) is 3.72. The van der Waals surface area contributed by atoms with E-state index in [0.717, 1.165) is 0 Å². The lowest BCUT2D eigenvalue weighted by Gasteiger charge is -2.25. The van der Waals surface area contributed by atoms with Crippen molar-refractivity contribution in [3.63, 3.8) is 0 Å². The molecule has 0 aliphatic rings. The number of hydrogen-bond acceptors (Lipinski definition) is 2. The van der Waals surface area contributed by atoms with Gasteiger partial charge in [0.2, 0.25) is 0 Å². The monoisotopic (exact) mass is 188 g/mol. The van der Waals surface area contributed by atoms with Crippen molar-refractivity contribution >= 4 is 29.0 Å². The third-order valence-electron chi connectivity index (χ3n) is 1.17. The fraction of sp³-hybridized carbons (Fsp3) is 0.857. The predicted molar refractivity (Wildman–Crippen MR) is 49.7 cm³/mol. The number of nitrogens with zero attached hydrogens (tertiary/aromatic N) is 1. The van der Waals surface area contributed by atoms with Crippen LogP contribution in [0.5, 0.6) is 0 Å². The molecule has 0 aliphatic heterocycles. The molecule has 0 amide bonds. The van der Waals surface area contributed by atoms with Crippen LogP contribution in [0.4, 0.5) is 0 Å². The summed E-state index contributed by atoms with van der Waals surface area (Å²) >= 11 is 0. The van der Waals surface area contributed by atoms with Crippen molar-refractivity contribution in [2.45, 2.75) is 12.5 Å². The minimum absolute atomic E-state index is 0. The van der Waals surface area contributed by atoms with Crippen LogP contribution >= 0.6 is 0 Å². The van der Waals surface area contributed by atoms with Gasteiger partial charge in [0, 0.05) is 0 Å². The molecule has 4 nitrogen and oxygen atoms in total. The standard InChI is InChI=1S/C7H15NO3.Mg.2H/c1-8(2,3)5-6(9)4-7(10)11;;;/h6,9H,4-5H2,1-3H3;;;/p+1/t6-;;;/m1.../s1. The molecule has 2 N–H and O–H groups in total. The molecular formula is C7H18MgNO3+. The van der Waals surface area contributed by atoms with Crippen molar-refractivity contribution in [1.29, 1.82) is 0 Å². The molecule has 0 fully saturated rings. The van der Waals surface area contributed by atoms with Crippen LogP contribution in [0.25, 0.3) is 0 Å². The van der Waals surface area contributed by atoms with Gasteiger partial charge in [0.05, 0.1) is 27.6 Å². The Morgan fingerprint density at radius 1 is 1.42 bits per heavy atom. The molecule has 0 aliphatic carbocycles. The summed E-state index contributed by atoms with van der Waals surface area (Å²) in [6.07, 6.45) is -0.914. The Balaban J connectivity index is 0. The second-order valence-electron chi connectivity index (χ2n) is 3.72. The molecule has 0 rings (SSSR count). The number of aliphatic hydroxyl groups excluding tert-OH is 1. The summed E-state index contributed by atoms with van der Waals surface area (Å²) < 4.78 is 0.578. The molecule has 0 aromatic heterocycles. The van der Waals surface area contributed by atoms with Crippen LogP contribution < -0.4 is 0 Å². The molecule has 0 aromatic rings. The van der Waals surface area contributed by atoms with E-state index in [4.69, 9.17) is 10.2 Å². The molecule has 0 saturated heterocycles. The molecule has 0 aromatic carbocycles. The summed E-state index contributed by atoms with van der Waals surface area (Å²) in [6, 6.07) is 0. The molecular weight excluding hydrogens is 170 g/mol. The Hall–Kier alpha value is 0.156. The second kappa shape index (κ2) is 5.74. The first-order chi connectivity index (χ1) is 4.81. The smallest absolute Gasteiger partial charge is 0.316 e. The lowest BCUT2D eigenvalue weighted by molar-refractivity contribution is -0.873. The van der Waals surface area contributed by atoms with Gasteiger partial charge in [-0.3, -0.25) is 4.79 Å². The lowest BCUT2D eigenvalue weighted by Crippen LogP contribution is -2.42. The van der Waals surface area contributed by atoms with Gasteiger partial charge in [0.1, 0.15) is 12.6 Å². The van der Waals surface area contributed by atoms with Gasteiger partial charge in [0.25, 0.3) is 0 Å². The summed E-state index contributed by atoms with van der Waals surface area (Å²) in [4.78, 5) is 10.1. The number of likely N-dealkylation sites (N-methyl/N-ethyl adjacent to an activating group) is 1. The molecule has 0 spiro atoms. The molecule has 0 saturated carbocycles. The summed E-state index contributed by atoms with van der Waals surface area (Å²) in [6.45, 7) is 0.465.